The number of fused-ring (bicyclic) bond motifs is 1. The second-order valence-corrected chi connectivity index (χ2v) is 7.95. The number of hydrogen-bond acceptors (Lipinski definition) is 7. The van der Waals surface area contributed by atoms with E-state index in [-0.39, 0.29) is 17.9 Å². The van der Waals surface area contributed by atoms with Gasteiger partial charge in [-0.25, -0.2) is 9.78 Å². The van der Waals surface area contributed by atoms with Crippen molar-refractivity contribution in [2.24, 2.45) is 5.92 Å². The standard InChI is InChI=1S/C19H24N4O4S/c1-3-27-19(25)22-8-6-21(7-9-22)17(24)13-11-23(12-13)18-20-15-5-4-14(26-2)10-16(15)28-18/h4-5,10,13H,3,6-9,11-12H2,1-2H3. The molecule has 1 aromatic heterocycles. The van der Waals surface area contributed by atoms with Gasteiger partial charge in [0.15, 0.2) is 5.13 Å². The van der Waals surface area contributed by atoms with Crippen LogP contribution in [0.3, 0.4) is 0 Å². The minimum absolute atomic E-state index is 0.00399. The molecule has 0 atom stereocenters. The minimum Gasteiger partial charge on any atom is -0.497 e. The third kappa shape index (κ3) is 3.58. The Morgan fingerprint density at radius 3 is 2.57 bits per heavy atom. The molecule has 2 fully saturated rings. The van der Waals surface area contributed by atoms with Crippen LogP contribution in [-0.2, 0) is 9.53 Å². The quantitative estimate of drug-likeness (QED) is 0.776. The predicted octanol–water partition coefficient (Wildman–Crippen LogP) is 2.04. The number of benzene rings is 1. The number of methoxy groups -OCH3 is 1. The zero-order valence-corrected chi connectivity index (χ0v) is 16.9. The number of thiazole rings is 1. The Balaban J connectivity index is 1.30. The van der Waals surface area contributed by atoms with Crippen molar-refractivity contribution in [1.29, 1.82) is 0 Å². The number of aromatic nitrogens is 1. The summed E-state index contributed by atoms with van der Waals surface area (Å²) >= 11 is 1.62. The van der Waals surface area contributed by atoms with Crippen LogP contribution in [0.15, 0.2) is 18.2 Å². The lowest BCUT2D eigenvalue weighted by Gasteiger charge is -2.42. The summed E-state index contributed by atoms with van der Waals surface area (Å²) in [6.45, 7) is 5.73. The molecule has 2 aliphatic heterocycles. The van der Waals surface area contributed by atoms with Gasteiger partial charge in [-0.2, -0.15) is 0 Å². The van der Waals surface area contributed by atoms with Gasteiger partial charge in [-0.3, -0.25) is 4.79 Å². The van der Waals surface area contributed by atoms with Crippen LogP contribution in [0.25, 0.3) is 10.2 Å². The van der Waals surface area contributed by atoms with Crippen LogP contribution in [0, 0.1) is 5.92 Å². The Bertz CT molecular complexity index is 872. The van der Waals surface area contributed by atoms with Gasteiger partial charge in [-0.15, -0.1) is 0 Å². The highest BCUT2D eigenvalue weighted by atomic mass is 32.1. The molecule has 4 rings (SSSR count). The first-order chi connectivity index (χ1) is 13.6. The Hall–Kier alpha value is -2.55. The van der Waals surface area contributed by atoms with Crippen LogP contribution in [0.1, 0.15) is 6.92 Å². The lowest BCUT2D eigenvalue weighted by atomic mass is 9.99. The summed E-state index contributed by atoms with van der Waals surface area (Å²) in [5.41, 5.74) is 0.950. The van der Waals surface area contributed by atoms with Crippen LogP contribution in [0.2, 0.25) is 0 Å². The summed E-state index contributed by atoms with van der Waals surface area (Å²) in [6, 6.07) is 5.85. The average molecular weight is 404 g/mol. The van der Waals surface area contributed by atoms with E-state index in [0.717, 1.165) is 21.1 Å². The van der Waals surface area contributed by atoms with E-state index in [9.17, 15) is 9.59 Å². The lowest BCUT2D eigenvalue weighted by molar-refractivity contribution is -0.138. The van der Waals surface area contributed by atoms with Crippen molar-refractivity contribution in [2.45, 2.75) is 6.92 Å². The fourth-order valence-corrected chi connectivity index (χ4v) is 4.54. The first kappa shape index (κ1) is 18.8. The molecule has 150 valence electrons. The van der Waals surface area contributed by atoms with Gasteiger partial charge < -0.3 is 24.2 Å². The Labute approximate surface area is 167 Å². The summed E-state index contributed by atoms with van der Waals surface area (Å²) < 4.78 is 11.4. The SMILES string of the molecule is CCOC(=O)N1CCN(C(=O)C2CN(c3nc4ccc(OC)cc4s3)C2)CC1. The van der Waals surface area contributed by atoms with Crippen molar-refractivity contribution in [1.82, 2.24) is 14.8 Å². The van der Waals surface area contributed by atoms with E-state index in [1.807, 2.05) is 23.1 Å². The fourth-order valence-electron chi connectivity index (χ4n) is 3.53. The van der Waals surface area contributed by atoms with Crippen molar-refractivity contribution >= 4 is 38.7 Å². The Kier molecular flexibility index (Phi) is 5.25. The van der Waals surface area contributed by atoms with E-state index in [2.05, 4.69) is 9.88 Å². The molecular weight excluding hydrogens is 380 g/mol. The van der Waals surface area contributed by atoms with Crippen molar-refractivity contribution in [2.75, 3.05) is 57.9 Å². The number of carbonyl (C=O) groups excluding carboxylic acids is 2. The fraction of sp³-hybridized carbons (Fsp3) is 0.526. The van der Waals surface area contributed by atoms with Crippen LogP contribution in [0.4, 0.5) is 9.93 Å². The van der Waals surface area contributed by atoms with Crippen LogP contribution in [-0.4, -0.2) is 79.8 Å². The van der Waals surface area contributed by atoms with Gasteiger partial charge in [-0.05, 0) is 25.1 Å². The van der Waals surface area contributed by atoms with Gasteiger partial charge in [-0.1, -0.05) is 11.3 Å². The monoisotopic (exact) mass is 404 g/mol. The largest absolute Gasteiger partial charge is 0.497 e. The second-order valence-electron chi connectivity index (χ2n) is 6.94. The molecule has 2 aromatic rings. The van der Waals surface area contributed by atoms with Crippen LogP contribution in [0.5, 0.6) is 5.75 Å². The predicted molar refractivity (Wildman–Crippen MR) is 107 cm³/mol. The molecule has 0 saturated carbocycles. The number of ether oxygens (including phenoxy) is 2. The number of anilines is 1. The number of rotatable bonds is 4. The van der Waals surface area contributed by atoms with Crippen LogP contribution < -0.4 is 9.64 Å². The first-order valence-electron chi connectivity index (χ1n) is 9.49. The van der Waals surface area contributed by atoms with Crippen molar-refractivity contribution < 1.29 is 19.1 Å². The number of amides is 2. The summed E-state index contributed by atoms with van der Waals surface area (Å²) in [5.74, 6) is 0.986. The molecule has 2 amide bonds. The Morgan fingerprint density at radius 1 is 1.18 bits per heavy atom. The zero-order valence-electron chi connectivity index (χ0n) is 16.1. The number of nitrogens with zero attached hydrogens (tertiary/aromatic N) is 4. The van der Waals surface area contributed by atoms with E-state index in [1.54, 1.807) is 30.3 Å². The highest BCUT2D eigenvalue weighted by Crippen LogP contribution is 2.35. The average Bonchev–Trinajstić information content (AvgIpc) is 3.09. The molecule has 0 N–H and O–H groups in total. The molecule has 0 bridgehead atoms. The maximum Gasteiger partial charge on any atom is 0.409 e. The Morgan fingerprint density at radius 2 is 1.89 bits per heavy atom. The van der Waals surface area contributed by atoms with Gasteiger partial charge in [0, 0.05) is 39.3 Å². The third-order valence-electron chi connectivity index (χ3n) is 5.20. The molecule has 3 heterocycles. The number of carbonyl (C=O) groups is 2. The number of piperazine rings is 1. The molecule has 28 heavy (non-hydrogen) atoms. The van der Waals surface area contributed by atoms with E-state index in [4.69, 9.17) is 9.47 Å². The zero-order chi connectivity index (χ0) is 19.7. The molecule has 9 heteroatoms. The molecule has 1 aromatic carbocycles. The smallest absolute Gasteiger partial charge is 0.409 e. The highest BCUT2D eigenvalue weighted by Gasteiger charge is 2.38. The van der Waals surface area contributed by atoms with Crippen molar-refractivity contribution in [3.8, 4) is 5.75 Å². The van der Waals surface area contributed by atoms with Gasteiger partial charge in [0.1, 0.15) is 5.75 Å². The maximum atomic E-state index is 12.7. The topological polar surface area (TPSA) is 75.2 Å². The lowest BCUT2D eigenvalue weighted by Crippen LogP contribution is -2.58. The molecule has 0 spiro atoms. The summed E-state index contributed by atoms with van der Waals surface area (Å²) in [7, 11) is 1.65. The number of hydrogen-bond donors (Lipinski definition) is 0. The first-order valence-corrected chi connectivity index (χ1v) is 10.3. The highest BCUT2D eigenvalue weighted by molar-refractivity contribution is 7.22. The molecular formula is C19H24N4O4S. The summed E-state index contributed by atoms with van der Waals surface area (Å²) in [4.78, 5) is 34.9. The van der Waals surface area contributed by atoms with E-state index < -0.39 is 0 Å². The van der Waals surface area contributed by atoms with Gasteiger partial charge >= 0.3 is 6.09 Å². The van der Waals surface area contributed by atoms with Gasteiger partial charge in [0.05, 0.1) is 29.9 Å². The van der Waals surface area contributed by atoms with E-state index >= 15 is 0 Å². The minimum atomic E-state index is -0.295. The van der Waals surface area contributed by atoms with E-state index in [0.29, 0.717) is 45.9 Å². The molecule has 2 aliphatic rings. The molecule has 0 unspecified atom stereocenters. The molecule has 0 radical (unpaired) electrons. The summed E-state index contributed by atoms with van der Waals surface area (Å²) in [6.07, 6.45) is -0.295. The van der Waals surface area contributed by atoms with Crippen molar-refractivity contribution in [3.63, 3.8) is 0 Å². The molecule has 8 nitrogen and oxygen atoms in total. The third-order valence-corrected chi connectivity index (χ3v) is 6.28. The molecule has 2 saturated heterocycles. The normalized spacial score (nSPS) is 17.6. The van der Waals surface area contributed by atoms with Gasteiger partial charge in [0.25, 0.3) is 0 Å². The van der Waals surface area contributed by atoms with Crippen molar-refractivity contribution in [3.05, 3.63) is 18.2 Å². The van der Waals surface area contributed by atoms with Crippen LogP contribution >= 0.6 is 11.3 Å². The second kappa shape index (κ2) is 7.83. The van der Waals surface area contributed by atoms with E-state index in [1.165, 1.54) is 0 Å². The maximum absolute atomic E-state index is 12.7. The molecule has 0 aliphatic carbocycles. The summed E-state index contributed by atoms with van der Waals surface area (Å²) in [5, 5.41) is 0.944. The van der Waals surface area contributed by atoms with Gasteiger partial charge in [0.2, 0.25) is 5.91 Å².